The van der Waals surface area contributed by atoms with E-state index in [0.717, 1.165) is 11.4 Å². The molecule has 0 atom stereocenters. The maximum absolute atomic E-state index is 4.50. The summed E-state index contributed by atoms with van der Waals surface area (Å²) < 4.78 is 0. The summed E-state index contributed by atoms with van der Waals surface area (Å²) in [5.41, 5.74) is 3.21. The quantitative estimate of drug-likeness (QED) is 0.161. The first-order valence-corrected chi connectivity index (χ1v) is 9.95. The SMILES string of the molecule is C/C=C\C.C=C(Nc1cc[c-]cc1)C(=C)C1CCCCCC1.CC.[B]C.[Rh]. The Hall–Kier alpha value is -1.07. The van der Waals surface area contributed by atoms with Crippen LogP contribution < -0.4 is 5.32 Å². The van der Waals surface area contributed by atoms with Gasteiger partial charge in [0.15, 0.2) is 0 Å². The number of hydrogen-bond acceptors (Lipinski definition) is 1. The summed E-state index contributed by atoms with van der Waals surface area (Å²) in [4.78, 5) is 0. The van der Waals surface area contributed by atoms with Gasteiger partial charge in [-0.05, 0) is 38.2 Å². The first-order valence-electron chi connectivity index (χ1n) is 9.95. The molecule has 1 aromatic rings. The molecular weight excluding hydrogens is 416 g/mol. The molecule has 1 aromatic carbocycles. The first kappa shape index (κ1) is 30.6. The predicted molar refractivity (Wildman–Crippen MR) is 122 cm³/mol. The largest absolute Gasteiger partial charge is 0.378 e. The molecule has 27 heavy (non-hydrogen) atoms. The minimum Gasteiger partial charge on any atom is -0.378 e. The Morgan fingerprint density at radius 3 is 1.85 bits per heavy atom. The van der Waals surface area contributed by atoms with Gasteiger partial charge in [-0.3, -0.25) is 0 Å². The summed E-state index contributed by atoms with van der Waals surface area (Å²) in [7, 11) is 4.50. The standard InChI is InChI=1S/C17H22N.C4H8.C2H6.CH3B.Rh/c1-14(16-10-6-3-4-7-11-16)15(2)18-17-12-8-5-9-13-17;1-3-4-2;2*1-2;/h8-9,12-13,16,18H,1-4,6-7,10-11H2;3-4H,1-2H3;1-2H3;1H3;/q-1;;;;/b;4-3-;;;. The van der Waals surface area contributed by atoms with E-state index in [9.17, 15) is 0 Å². The van der Waals surface area contributed by atoms with Crippen LogP contribution in [-0.4, -0.2) is 7.85 Å². The molecule has 0 aromatic heterocycles. The summed E-state index contributed by atoms with van der Waals surface area (Å²) in [6.07, 6.45) is 11.9. The molecule has 0 saturated heterocycles. The van der Waals surface area contributed by atoms with E-state index in [1.54, 1.807) is 0 Å². The minimum absolute atomic E-state index is 0. The molecule has 2 rings (SSSR count). The minimum atomic E-state index is 0. The molecular formula is C24H39BNRh-. The van der Waals surface area contributed by atoms with Gasteiger partial charge >= 0.3 is 0 Å². The van der Waals surface area contributed by atoms with Crippen LogP contribution in [0.1, 0.15) is 66.2 Å². The Balaban J connectivity index is -0.000000557. The Labute approximate surface area is 184 Å². The maximum atomic E-state index is 4.50. The van der Waals surface area contributed by atoms with Crippen molar-refractivity contribution in [1.29, 1.82) is 0 Å². The number of rotatable bonds is 4. The van der Waals surface area contributed by atoms with Crippen molar-refractivity contribution >= 4 is 13.5 Å². The van der Waals surface area contributed by atoms with E-state index in [0.29, 0.717) is 5.92 Å². The second-order valence-electron chi connectivity index (χ2n) is 5.77. The van der Waals surface area contributed by atoms with E-state index in [1.807, 2.05) is 64.1 Å². The van der Waals surface area contributed by atoms with Crippen LogP contribution in [0.2, 0.25) is 6.82 Å². The Bertz CT molecular complexity index is 470. The second kappa shape index (κ2) is 23.0. The zero-order valence-electron chi connectivity index (χ0n) is 18.1. The van der Waals surface area contributed by atoms with Crippen molar-refractivity contribution < 1.29 is 19.5 Å². The maximum Gasteiger partial charge on any atom is 0.0606 e. The molecule has 3 heteroatoms. The van der Waals surface area contributed by atoms with Gasteiger partial charge in [-0.1, -0.05) is 77.4 Å². The van der Waals surface area contributed by atoms with Gasteiger partial charge in [0.1, 0.15) is 0 Å². The van der Waals surface area contributed by atoms with Gasteiger partial charge in [0.25, 0.3) is 0 Å². The summed E-state index contributed by atoms with van der Waals surface area (Å²) >= 11 is 0. The van der Waals surface area contributed by atoms with E-state index in [4.69, 9.17) is 0 Å². The number of anilines is 1. The number of hydrogen-bond donors (Lipinski definition) is 1. The van der Waals surface area contributed by atoms with E-state index < -0.39 is 0 Å². The summed E-state index contributed by atoms with van der Waals surface area (Å²) in [5.74, 6) is 0.614. The smallest absolute Gasteiger partial charge is 0.0606 e. The van der Waals surface area contributed by atoms with Gasteiger partial charge in [-0.15, -0.1) is 12.1 Å². The number of allylic oxidation sites excluding steroid dienone is 3. The van der Waals surface area contributed by atoms with Crippen LogP contribution >= 0.6 is 0 Å². The fourth-order valence-corrected chi connectivity index (χ4v) is 2.60. The first-order chi connectivity index (χ1) is 12.7. The zero-order valence-corrected chi connectivity index (χ0v) is 19.7. The third kappa shape index (κ3) is 15.7. The van der Waals surface area contributed by atoms with Gasteiger partial charge in [0, 0.05) is 25.2 Å². The van der Waals surface area contributed by atoms with Crippen molar-refractivity contribution in [3.63, 3.8) is 0 Å². The molecule has 0 heterocycles. The van der Waals surface area contributed by atoms with Gasteiger partial charge < -0.3 is 5.32 Å². The molecule has 3 radical (unpaired) electrons. The normalized spacial score (nSPS) is 13.1. The van der Waals surface area contributed by atoms with Crippen molar-refractivity contribution in [1.82, 2.24) is 0 Å². The van der Waals surface area contributed by atoms with Crippen molar-refractivity contribution in [3.8, 4) is 0 Å². The fraction of sp³-hybridized carbons (Fsp3) is 0.500. The molecule has 1 aliphatic rings. The van der Waals surface area contributed by atoms with Crippen molar-refractivity contribution in [2.24, 2.45) is 5.92 Å². The van der Waals surface area contributed by atoms with Crippen LogP contribution in [0.4, 0.5) is 5.69 Å². The van der Waals surface area contributed by atoms with Crippen LogP contribution in [0.3, 0.4) is 0 Å². The molecule has 153 valence electrons. The van der Waals surface area contributed by atoms with Crippen LogP contribution in [0.5, 0.6) is 0 Å². The van der Waals surface area contributed by atoms with Crippen LogP contribution in [0, 0.1) is 12.0 Å². The van der Waals surface area contributed by atoms with E-state index in [-0.39, 0.29) is 19.5 Å². The Kier molecular flexibility index (Phi) is 26.1. The van der Waals surface area contributed by atoms with Crippen LogP contribution in [-0.2, 0) is 19.5 Å². The molecule has 1 fully saturated rings. The average molecular weight is 455 g/mol. The Morgan fingerprint density at radius 1 is 1.00 bits per heavy atom. The number of nitrogens with one attached hydrogen (secondary N) is 1. The molecule has 1 nitrogen and oxygen atoms in total. The number of benzene rings is 1. The fourth-order valence-electron chi connectivity index (χ4n) is 2.60. The summed E-state index contributed by atoms with van der Waals surface area (Å²) in [6.45, 7) is 17.9. The van der Waals surface area contributed by atoms with Crippen molar-refractivity contribution in [2.45, 2.75) is 73.0 Å². The molecule has 0 spiro atoms. The molecule has 1 aliphatic carbocycles. The molecule has 0 aliphatic heterocycles. The van der Waals surface area contributed by atoms with E-state index in [1.165, 1.54) is 50.9 Å². The molecule has 1 N–H and O–H groups in total. The molecule has 0 amide bonds. The summed E-state index contributed by atoms with van der Waals surface area (Å²) in [6, 6.07) is 10.8. The van der Waals surface area contributed by atoms with Crippen molar-refractivity contribution in [2.75, 3.05) is 5.32 Å². The van der Waals surface area contributed by atoms with Crippen molar-refractivity contribution in [3.05, 3.63) is 66.9 Å². The molecule has 0 unspecified atom stereocenters. The molecule has 0 bridgehead atoms. The van der Waals surface area contributed by atoms with Gasteiger partial charge in [0.05, 0.1) is 7.85 Å². The average Bonchev–Trinajstić information content (AvgIpc) is 3.01. The van der Waals surface area contributed by atoms with Gasteiger partial charge in [-0.25, -0.2) is 0 Å². The second-order valence-corrected chi connectivity index (χ2v) is 5.77. The van der Waals surface area contributed by atoms with Gasteiger partial charge in [0.2, 0.25) is 0 Å². The summed E-state index contributed by atoms with van der Waals surface area (Å²) in [5, 5.41) is 3.35. The van der Waals surface area contributed by atoms with E-state index >= 15 is 0 Å². The predicted octanol–water partition coefficient (Wildman–Crippen LogP) is 7.75. The van der Waals surface area contributed by atoms with Crippen LogP contribution in [0.15, 0.2) is 60.8 Å². The molecule has 1 saturated carbocycles. The van der Waals surface area contributed by atoms with E-state index in [2.05, 4.69) is 32.4 Å². The Morgan fingerprint density at radius 2 is 1.44 bits per heavy atom. The van der Waals surface area contributed by atoms with Gasteiger partial charge in [-0.2, -0.15) is 18.2 Å². The topological polar surface area (TPSA) is 12.0 Å². The van der Waals surface area contributed by atoms with Crippen LogP contribution in [0.25, 0.3) is 0 Å². The third-order valence-electron chi connectivity index (χ3n) is 4.08. The monoisotopic (exact) mass is 455 g/mol. The third-order valence-corrected chi connectivity index (χ3v) is 4.08. The zero-order chi connectivity index (χ0) is 20.2.